The summed E-state index contributed by atoms with van der Waals surface area (Å²) in [7, 11) is 0. The molecule has 0 atom stereocenters. The smallest absolute Gasteiger partial charge is 0.194 e. The fourth-order valence-corrected chi connectivity index (χ4v) is 1.89. The van der Waals surface area contributed by atoms with Gasteiger partial charge in [-0.3, -0.25) is 4.57 Å². The molecule has 2 aromatic rings. The third-order valence-corrected chi connectivity index (χ3v) is 2.61. The van der Waals surface area contributed by atoms with E-state index in [2.05, 4.69) is 4.98 Å². The van der Waals surface area contributed by atoms with Gasteiger partial charge in [0, 0.05) is 17.8 Å². The van der Waals surface area contributed by atoms with Gasteiger partial charge in [0.25, 0.3) is 0 Å². The van der Waals surface area contributed by atoms with E-state index in [-0.39, 0.29) is 0 Å². The molecule has 0 radical (unpaired) electrons. The van der Waals surface area contributed by atoms with Crippen molar-refractivity contribution >= 4 is 28.5 Å². The second-order valence-corrected chi connectivity index (χ2v) is 3.76. The van der Waals surface area contributed by atoms with Gasteiger partial charge in [-0.25, -0.2) is 4.98 Å². The van der Waals surface area contributed by atoms with Gasteiger partial charge >= 0.3 is 0 Å². The Morgan fingerprint density at radius 2 is 2.46 bits per heavy atom. The maximum Gasteiger partial charge on any atom is 0.194 e. The summed E-state index contributed by atoms with van der Waals surface area (Å²) in [6, 6.07) is 3.78. The Morgan fingerprint density at radius 3 is 3.08 bits per heavy atom. The number of aromatic nitrogens is 2. The summed E-state index contributed by atoms with van der Waals surface area (Å²) in [5.74, 6) is 0. The van der Waals surface area contributed by atoms with Crippen LogP contribution in [0.5, 0.6) is 0 Å². The first-order valence-corrected chi connectivity index (χ1v) is 4.95. The molecule has 0 aliphatic rings. The van der Waals surface area contributed by atoms with Crippen LogP contribution in [0.3, 0.4) is 0 Å². The molecule has 0 saturated heterocycles. The summed E-state index contributed by atoms with van der Waals surface area (Å²) < 4.78 is 1.88. The van der Waals surface area contributed by atoms with Crippen molar-refractivity contribution in [1.82, 2.24) is 9.55 Å². The standard InChI is InChI=1S/C8H7N3S2/c9-7(12)6-2-1-4-11(6)8-10-3-5-13-8/h1-5H,(H2,9,12). The molecule has 5 heteroatoms. The zero-order valence-electron chi connectivity index (χ0n) is 6.68. The van der Waals surface area contributed by atoms with Crippen LogP contribution in [0.1, 0.15) is 5.69 Å². The van der Waals surface area contributed by atoms with Gasteiger partial charge in [0.1, 0.15) is 4.99 Å². The van der Waals surface area contributed by atoms with Crippen LogP contribution >= 0.6 is 23.6 Å². The summed E-state index contributed by atoms with van der Waals surface area (Å²) in [5.41, 5.74) is 6.38. The van der Waals surface area contributed by atoms with Crippen LogP contribution in [0.2, 0.25) is 0 Å². The van der Waals surface area contributed by atoms with E-state index in [0.717, 1.165) is 10.8 Å². The van der Waals surface area contributed by atoms with Crippen molar-refractivity contribution in [2.45, 2.75) is 0 Å². The van der Waals surface area contributed by atoms with Crippen LogP contribution in [0.4, 0.5) is 0 Å². The topological polar surface area (TPSA) is 43.8 Å². The fourth-order valence-electron chi connectivity index (χ4n) is 1.08. The van der Waals surface area contributed by atoms with Crippen molar-refractivity contribution in [2.24, 2.45) is 5.73 Å². The molecule has 2 aromatic heterocycles. The molecule has 2 heterocycles. The van der Waals surface area contributed by atoms with E-state index in [0.29, 0.717) is 4.99 Å². The van der Waals surface area contributed by atoms with Crippen LogP contribution in [-0.2, 0) is 0 Å². The Balaban J connectivity index is 2.52. The number of nitrogens with zero attached hydrogens (tertiary/aromatic N) is 2. The number of thiazole rings is 1. The van der Waals surface area contributed by atoms with Gasteiger partial charge in [-0.2, -0.15) is 0 Å². The zero-order chi connectivity index (χ0) is 9.26. The maximum absolute atomic E-state index is 5.55. The number of rotatable bonds is 2. The second-order valence-electron chi connectivity index (χ2n) is 2.44. The van der Waals surface area contributed by atoms with Crippen LogP contribution < -0.4 is 5.73 Å². The van der Waals surface area contributed by atoms with Gasteiger partial charge in [0.05, 0.1) is 5.69 Å². The molecule has 0 fully saturated rings. The van der Waals surface area contributed by atoms with Gasteiger partial charge < -0.3 is 5.73 Å². The van der Waals surface area contributed by atoms with Crippen molar-refractivity contribution < 1.29 is 0 Å². The number of nitrogens with two attached hydrogens (primary N) is 1. The first-order valence-electron chi connectivity index (χ1n) is 3.66. The summed E-state index contributed by atoms with van der Waals surface area (Å²) in [4.78, 5) is 4.56. The molecule has 0 bridgehead atoms. The van der Waals surface area contributed by atoms with Gasteiger partial charge in [0.2, 0.25) is 0 Å². The average Bonchev–Trinajstić information content (AvgIpc) is 2.74. The molecule has 66 valence electrons. The average molecular weight is 209 g/mol. The molecule has 0 aliphatic carbocycles. The Bertz CT molecular complexity index is 416. The quantitative estimate of drug-likeness (QED) is 0.763. The lowest BCUT2D eigenvalue weighted by molar-refractivity contribution is 1.04. The van der Waals surface area contributed by atoms with Crippen LogP contribution in [0.15, 0.2) is 29.9 Å². The maximum atomic E-state index is 5.55. The number of hydrogen-bond acceptors (Lipinski definition) is 3. The Labute approximate surface area is 84.8 Å². The second kappa shape index (κ2) is 3.27. The van der Waals surface area contributed by atoms with Gasteiger partial charge in [-0.15, -0.1) is 11.3 Å². The highest BCUT2D eigenvalue weighted by Gasteiger charge is 2.06. The minimum Gasteiger partial charge on any atom is -0.388 e. The van der Waals surface area contributed by atoms with Gasteiger partial charge in [0.15, 0.2) is 5.13 Å². The Morgan fingerprint density at radius 1 is 1.62 bits per heavy atom. The first-order chi connectivity index (χ1) is 6.29. The third-order valence-electron chi connectivity index (χ3n) is 1.63. The molecule has 2 rings (SSSR count). The summed E-state index contributed by atoms with van der Waals surface area (Å²) in [6.07, 6.45) is 3.65. The van der Waals surface area contributed by atoms with Crippen molar-refractivity contribution in [1.29, 1.82) is 0 Å². The highest BCUT2D eigenvalue weighted by molar-refractivity contribution is 7.80. The Kier molecular flexibility index (Phi) is 2.12. The summed E-state index contributed by atoms with van der Waals surface area (Å²) >= 11 is 6.46. The third kappa shape index (κ3) is 1.48. The molecule has 2 N–H and O–H groups in total. The predicted octanol–water partition coefficient (Wildman–Crippen LogP) is 1.57. The van der Waals surface area contributed by atoms with Crippen LogP contribution in [-0.4, -0.2) is 14.5 Å². The van der Waals surface area contributed by atoms with E-state index in [1.54, 1.807) is 17.5 Å². The fraction of sp³-hybridized carbons (Fsp3) is 0. The lowest BCUT2D eigenvalue weighted by Crippen LogP contribution is -2.14. The molecule has 0 spiro atoms. The molecule has 0 unspecified atom stereocenters. The molecule has 0 saturated carbocycles. The van der Waals surface area contributed by atoms with E-state index in [9.17, 15) is 0 Å². The molecule has 0 amide bonds. The van der Waals surface area contributed by atoms with E-state index >= 15 is 0 Å². The predicted molar refractivity (Wildman–Crippen MR) is 57.3 cm³/mol. The number of hydrogen-bond donors (Lipinski definition) is 1. The minimum absolute atomic E-state index is 0.389. The monoisotopic (exact) mass is 209 g/mol. The largest absolute Gasteiger partial charge is 0.388 e. The summed E-state index contributed by atoms with van der Waals surface area (Å²) in [6.45, 7) is 0. The van der Waals surface area contributed by atoms with Crippen molar-refractivity contribution in [3.63, 3.8) is 0 Å². The molecule has 0 aromatic carbocycles. The first kappa shape index (κ1) is 8.40. The number of thiocarbonyl (C=S) groups is 1. The van der Waals surface area contributed by atoms with E-state index < -0.39 is 0 Å². The van der Waals surface area contributed by atoms with Crippen molar-refractivity contribution in [3.05, 3.63) is 35.6 Å². The SMILES string of the molecule is NC(=S)c1cccn1-c1nccs1. The highest BCUT2D eigenvalue weighted by Crippen LogP contribution is 2.14. The van der Waals surface area contributed by atoms with E-state index in [4.69, 9.17) is 18.0 Å². The van der Waals surface area contributed by atoms with Crippen LogP contribution in [0, 0.1) is 0 Å². The molecular formula is C8H7N3S2. The minimum atomic E-state index is 0.389. The van der Waals surface area contributed by atoms with E-state index in [1.165, 1.54) is 0 Å². The molecule has 0 aliphatic heterocycles. The van der Waals surface area contributed by atoms with E-state index in [1.807, 2.05) is 28.3 Å². The van der Waals surface area contributed by atoms with Crippen molar-refractivity contribution in [3.8, 4) is 5.13 Å². The zero-order valence-corrected chi connectivity index (χ0v) is 8.31. The molecular weight excluding hydrogens is 202 g/mol. The molecule has 13 heavy (non-hydrogen) atoms. The summed E-state index contributed by atoms with van der Waals surface area (Å²) in [5, 5.41) is 2.80. The molecule has 3 nitrogen and oxygen atoms in total. The highest BCUT2D eigenvalue weighted by atomic mass is 32.1. The Hall–Kier alpha value is -1.20. The van der Waals surface area contributed by atoms with Gasteiger partial charge in [-0.05, 0) is 12.1 Å². The lowest BCUT2D eigenvalue weighted by Gasteiger charge is -2.02. The lowest BCUT2D eigenvalue weighted by atomic mass is 10.4. The van der Waals surface area contributed by atoms with Crippen molar-refractivity contribution in [2.75, 3.05) is 0 Å². The normalized spacial score (nSPS) is 10.2. The van der Waals surface area contributed by atoms with Gasteiger partial charge in [-0.1, -0.05) is 12.2 Å². The van der Waals surface area contributed by atoms with Crippen LogP contribution in [0.25, 0.3) is 5.13 Å².